The van der Waals surface area contributed by atoms with E-state index in [-0.39, 0.29) is 0 Å². The lowest BCUT2D eigenvalue weighted by Crippen LogP contribution is -2.56. The van der Waals surface area contributed by atoms with Crippen LogP contribution < -0.4 is 5.32 Å². The molecule has 2 bridgehead atoms. The highest BCUT2D eigenvalue weighted by molar-refractivity contribution is 6.30. The molecular weight excluding hydrogens is 218 g/mol. The van der Waals surface area contributed by atoms with Gasteiger partial charge < -0.3 is 5.32 Å². The Morgan fingerprint density at radius 1 is 1.19 bits per heavy atom. The molecule has 4 rings (SSSR count). The van der Waals surface area contributed by atoms with E-state index in [1.165, 1.54) is 37.8 Å². The fourth-order valence-electron chi connectivity index (χ4n) is 3.20. The molecule has 0 radical (unpaired) electrons. The minimum atomic E-state index is 0.391. The van der Waals surface area contributed by atoms with Gasteiger partial charge in [0.05, 0.1) is 0 Å². The molecule has 16 heavy (non-hydrogen) atoms. The molecule has 0 spiro atoms. The Hall–Kier alpha value is -0.530. The van der Waals surface area contributed by atoms with Crippen LogP contribution in [-0.2, 0) is 6.42 Å². The Kier molecular flexibility index (Phi) is 2.68. The summed E-state index contributed by atoms with van der Waals surface area (Å²) in [6.07, 6.45) is 6.69. The maximum Gasteiger partial charge on any atom is 0.0406 e. The quantitative estimate of drug-likeness (QED) is 0.829. The van der Waals surface area contributed by atoms with Gasteiger partial charge in [-0.2, -0.15) is 0 Å². The van der Waals surface area contributed by atoms with Crippen molar-refractivity contribution >= 4 is 11.6 Å². The van der Waals surface area contributed by atoms with Gasteiger partial charge in [-0.15, -0.1) is 0 Å². The van der Waals surface area contributed by atoms with Gasteiger partial charge in [0.1, 0.15) is 0 Å². The minimum absolute atomic E-state index is 0.391. The third-order valence-corrected chi connectivity index (χ3v) is 4.54. The third-order valence-electron chi connectivity index (χ3n) is 4.28. The van der Waals surface area contributed by atoms with Gasteiger partial charge in [-0.25, -0.2) is 0 Å². The Morgan fingerprint density at radius 3 is 2.44 bits per heavy atom. The number of benzene rings is 1. The van der Waals surface area contributed by atoms with Gasteiger partial charge in [0.2, 0.25) is 0 Å². The predicted molar refractivity (Wildman–Crippen MR) is 67.8 cm³/mol. The average Bonchev–Trinajstić information content (AvgIpc) is 2.34. The van der Waals surface area contributed by atoms with Crippen molar-refractivity contribution in [2.75, 3.05) is 6.54 Å². The fraction of sp³-hybridized carbons (Fsp3) is 0.571. The van der Waals surface area contributed by atoms with Crippen molar-refractivity contribution in [3.8, 4) is 0 Å². The summed E-state index contributed by atoms with van der Waals surface area (Å²) in [5, 5.41) is 4.60. The number of hydrogen-bond donors (Lipinski definition) is 1. The predicted octanol–water partition coefficient (Wildman–Crippen LogP) is 3.41. The molecule has 0 aromatic heterocycles. The zero-order valence-corrected chi connectivity index (χ0v) is 10.3. The topological polar surface area (TPSA) is 12.0 Å². The lowest BCUT2D eigenvalue weighted by molar-refractivity contribution is 0.118. The molecule has 1 aromatic rings. The van der Waals surface area contributed by atoms with E-state index in [2.05, 4.69) is 17.4 Å². The summed E-state index contributed by atoms with van der Waals surface area (Å²) in [5.74, 6) is 0.951. The van der Waals surface area contributed by atoms with Gasteiger partial charge >= 0.3 is 0 Å². The van der Waals surface area contributed by atoms with Crippen LogP contribution in [0.2, 0.25) is 5.02 Å². The van der Waals surface area contributed by atoms with E-state index >= 15 is 0 Å². The van der Waals surface area contributed by atoms with Crippen LogP contribution in [-0.4, -0.2) is 12.1 Å². The molecule has 1 nitrogen and oxygen atoms in total. The molecule has 1 aliphatic carbocycles. The van der Waals surface area contributed by atoms with Crippen LogP contribution in [0.25, 0.3) is 0 Å². The summed E-state index contributed by atoms with van der Waals surface area (Å²) in [7, 11) is 0. The van der Waals surface area contributed by atoms with Crippen LogP contribution >= 0.6 is 11.6 Å². The second kappa shape index (κ2) is 4.05. The second-order valence-electron chi connectivity index (χ2n) is 5.41. The number of halogens is 1. The normalized spacial score (nSPS) is 32.9. The van der Waals surface area contributed by atoms with Crippen molar-refractivity contribution in [1.82, 2.24) is 5.32 Å². The average molecular weight is 236 g/mol. The molecule has 0 unspecified atom stereocenters. The summed E-state index contributed by atoms with van der Waals surface area (Å²) < 4.78 is 0. The van der Waals surface area contributed by atoms with E-state index in [1.54, 1.807) is 0 Å². The summed E-state index contributed by atoms with van der Waals surface area (Å²) in [6, 6.07) is 8.34. The van der Waals surface area contributed by atoms with Gasteiger partial charge in [0.15, 0.2) is 0 Å². The number of nitrogens with one attached hydrogen (secondary N) is 1. The standard InChI is InChI=1S/C14H18ClN/c15-13-3-1-11(2-4-13)9-14-7-5-12(6-8-14)10-16-14/h1-4,12,16H,5-10H2. The van der Waals surface area contributed by atoms with Crippen LogP contribution in [0.3, 0.4) is 0 Å². The first kappa shape index (κ1) is 10.6. The van der Waals surface area contributed by atoms with E-state index in [1.807, 2.05) is 12.1 Å². The van der Waals surface area contributed by atoms with E-state index in [9.17, 15) is 0 Å². The van der Waals surface area contributed by atoms with Crippen molar-refractivity contribution in [3.63, 3.8) is 0 Å². The third kappa shape index (κ3) is 1.99. The number of fused-ring (bicyclic) bond motifs is 3. The highest BCUT2D eigenvalue weighted by atomic mass is 35.5. The van der Waals surface area contributed by atoms with Crippen molar-refractivity contribution in [2.24, 2.45) is 5.92 Å². The molecule has 2 aliphatic heterocycles. The van der Waals surface area contributed by atoms with Crippen LogP contribution in [0.1, 0.15) is 31.2 Å². The Morgan fingerprint density at radius 2 is 1.88 bits per heavy atom. The molecule has 1 aromatic carbocycles. The Labute approximate surface area is 102 Å². The van der Waals surface area contributed by atoms with Crippen molar-refractivity contribution < 1.29 is 0 Å². The molecule has 3 fully saturated rings. The highest BCUT2D eigenvalue weighted by Crippen LogP contribution is 2.38. The fourth-order valence-corrected chi connectivity index (χ4v) is 3.33. The highest BCUT2D eigenvalue weighted by Gasteiger charge is 2.39. The molecule has 1 N–H and O–H groups in total. The molecule has 86 valence electrons. The van der Waals surface area contributed by atoms with Gasteiger partial charge in [-0.05, 0) is 62.3 Å². The largest absolute Gasteiger partial charge is 0.311 e. The second-order valence-corrected chi connectivity index (χ2v) is 5.84. The lowest BCUT2D eigenvalue weighted by Gasteiger charge is -2.47. The van der Waals surface area contributed by atoms with Crippen molar-refractivity contribution in [3.05, 3.63) is 34.9 Å². The van der Waals surface area contributed by atoms with Crippen molar-refractivity contribution in [2.45, 2.75) is 37.6 Å². The smallest absolute Gasteiger partial charge is 0.0406 e. The van der Waals surface area contributed by atoms with Crippen molar-refractivity contribution in [1.29, 1.82) is 0 Å². The van der Waals surface area contributed by atoms with E-state index in [0.717, 1.165) is 17.4 Å². The first-order valence-electron chi connectivity index (χ1n) is 6.25. The summed E-state index contributed by atoms with van der Waals surface area (Å²) in [6.45, 7) is 1.23. The molecule has 0 atom stereocenters. The van der Waals surface area contributed by atoms with E-state index in [0.29, 0.717) is 5.54 Å². The van der Waals surface area contributed by atoms with E-state index in [4.69, 9.17) is 11.6 Å². The summed E-state index contributed by atoms with van der Waals surface area (Å²) in [4.78, 5) is 0. The summed E-state index contributed by atoms with van der Waals surface area (Å²) in [5.41, 5.74) is 1.81. The monoisotopic (exact) mass is 235 g/mol. The minimum Gasteiger partial charge on any atom is -0.311 e. The molecule has 2 heteroatoms. The number of piperidine rings is 2. The van der Waals surface area contributed by atoms with Crippen LogP contribution in [0.15, 0.2) is 24.3 Å². The molecule has 2 saturated heterocycles. The molecular formula is C14H18ClN. The van der Waals surface area contributed by atoms with Gasteiger partial charge in [0.25, 0.3) is 0 Å². The zero-order valence-electron chi connectivity index (χ0n) is 9.51. The molecule has 1 saturated carbocycles. The Balaban J connectivity index is 1.75. The molecule has 0 amide bonds. The molecule has 2 heterocycles. The van der Waals surface area contributed by atoms with Crippen LogP contribution in [0.4, 0.5) is 0 Å². The maximum atomic E-state index is 5.92. The zero-order chi connectivity index (χ0) is 11.0. The first-order valence-corrected chi connectivity index (χ1v) is 6.63. The van der Waals surface area contributed by atoms with E-state index < -0.39 is 0 Å². The van der Waals surface area contributed by atoms with Gasteiger partial charge in [-0.1, -0.05) is 23.7 Å². The molecule has 3 aliphatic rings. The number of rotatable bonds is 2. The number of hydrogen-bond acceptors (Lipinski definition) is 1. The maximum absolute atomic E-state index is 5.92. The van der Waals surface area contributed by atoms with Crippen LogP contribution in [0, 0.1) is 5.92 Å². The van der Waals surface area contributed by atoms with Crippen LogP contribution in [0.5, 0.6) is 0 Å². The van der Waals surface area contributed by atoms with Gasteiger partial charge in [0, 0.05) is 10.6 Å². The summed E-state index contributed by atoms with van der Waals surface area (Å²) >= 11 is 5.92. The Bertz CT molecular complexity index is 349. The lowest BCUT2D eigenvalue weighted by atomic mass is 9.69. The first-order chi connectivity index (χ1) is 7.76. The van der Waals surface area contributed by atoms with Gasteiger partial charge in [-0.3, -0.25) is 0 Å². The SMILES string of the molecule is Clc1ccc(CC23CCC(CC2)CN3)cc1.